The number of hydrogen-bond acceptors (Lipinski definition) is 6. The standard InChI is InChI=1S/C19H20BrNO6/c1-11-6-13(18(23)14(20)7-11)19(24)27-10-17(22)21-9-12-4-5-15(25-2)16(8-12)26-3/h4-8,23H,9-10H2,1-3H3,(H,21,22). The Morgan fingerprint density at radius 1 is 1.11 bits per heavy atom. The second kappa shape index (κ2) is 9.27. The molecule has 2 aromatic carbocycles. The smallest absolute Gasteiger partial charge is 0.342 e. The number of halogens is 1. The zero-order valence-corrected chi connectivity index (χ0v) is 16.8. The van der Waals surface area contributed by atoms with Crippen molar-refractivity contribution in [2.75, 3.05) is 20.8 Å². The van der Waals surface area contributed by atoms with Gasteiger partial charge in [-0.25, -0.2) is 4.79 Å². The van der Waals surface area contributed by atoms with Crippen molar-refractivity contribution in [3.05, 3.63) is 51.5 Å². The van der Waals surface area contributed by atoms with Gasteiger partial charge in [0.25, 0.3) is 5.91 Å². The predicted molar refractivity (Wildman–Crippen MR) is 102 cm³/mol. The molecule has 0 radical (unpaired) electrons. The third-order valence-electron chi connectivity index (χ3n) is 3.70. The summed E-state index contributed by atoms with van der Waals surface area (Å²) in [7, 11) is 3.07. The highest BCUT2D eigenvalue weighted by atomic mass is 79.9. The minimum absolute atomic E-state index is 0.00503. The Bertz CT molecular complexity index is 852. The summed E-state index contributed by atoms with van der Waals surface area (Å²) in [6.45, 7) is 1.55. The zero-order chi connectivity index (χ0) is 20.0. The number of hydrogen-bond donors (Lipinski definition) is 2. The minimum Gasteiger partial charge on any atom is -0.506 e. The van der Waals surface area contributed by atoms with E-state index in [1.54, 1.807) is 31.2 Å². The molecular weight excluding hydrogens is 418 g/mol. The number of aromatic hydroxyl groups is 1. The summed E-state index contributed by atoms with van der Waals surface area (Å²) in [5, 5.41) is 12.6. The van der Waals surface area contributed by atoms with Crippen LogP contribution in [0.25, 0.3) is 0 Å². The Balaban J connectivity index is 1.90. The Morgan fingerprint density at radius 2 is 1.81 bits per heavy atom. The van der Waals surface area contributed by atoms with E-state index in [4.69, 9.17) is 14.2 Å². The third-order valence-corrected chi connectivity index (χ3v) is 4.30. The molecule has 8 heteroatoms. The lowest BCUT2D eigenvalue weighted by Gasteiger charge is -2.11. The summed E-state index contributed by atoms with van der Waals surface area (Å²) in [5.41, 5.74) is 1.56. The molecule has 144 valence electrons. The highest BCUT2D eigenvalue weighted by molar-refractivity contribution is 9.10. The first-order valence-corrected chi connectivity index (χ1v) is 8.78. The average molecular weight is 438 g/mol. The zero-order valence-electron chi connectivity index (χ0n) is 15.2. The van der Waals surface area contributed by atoms with E-state index in [0.29, 0.717) is 16.0 Å². The van der Waals surface area contributed by atoms with Gasteiger partial charge in [0.05, 0.1) is 18.7 Å². The van der Waals surface area contributed by atoms with Crippen molar-refractivity contribution in [1.29, 1.82) is 0 Å². The molecule has 0 heterocycles. The molecule has 0 atom stereocenters. The van der Waals surface area contributed by atoms with Crippen molar-refractivity contribution < 1.29 is 28.9 Å². The SMILES string of the molecule is COc1ccc(CNC(=O)COC(=O)c2cc(C)cc(Br)c2O)cc1OC. The number of phenolic OH excluding ortho intramolecular Hbond substituents is 1. The number of benzene rings is 2. The lowest BCUT2D eigenvalue weighted by atomic mass is 10.1. The molecule has 0 aliphatic carbocycles. The van der Waals surface area contributed by atoms with Gasteiger partial charge in [0.15, 0.2) is 18.1 Å². The highest BCUT2D eigenvalue weighted by Crippen LogP contribution is 2.30. The van der Waals surface area contributed by atoms with Gasteiger partial charge >= 0.3 is 5.97 Å². The molecule has 1 amide bonds. The molecule has 27 heavy (non-hydrogen) atoms. The van der Waals surface area contributed by atoms with Gasteiger partial charge in [0.1, 0.15) is 11.3 Å². The van der Waals surface area contributed by atoms with Crippen molar-refractivity contribution in [3.63, 3.8) is 0 Å². The first kappa shape index (κ1) is 20.6. The molecule has 0 fully saturated rings. The molecule has 2 N–H and O–H groups in total. The van der Waals surface area contributed by atoms with Crippen molar-refractivity contribution >= 4 is 27.8 Å². The molecule has 0 saturated carbocycles. The van der Waals surface area contributed by atoms with E-state index in [1.807, 2.05) is 0 Å². The van der Waals surface area contributed by atoms with Gasteiger partial charge in [-0.3, -0.25) is 4.79 Å². The molecule has 0 aromatic heterocycles. The number of carbonyl (C=O) groups excluding carboxylic acids is 2. The van der Waals surface area contributed by atoms with Crippen LogP contribution in [-0.2, 0) is 16.1 Å². The molecule has 0 aliphatic heterocycles. The van der Waals surface area contributed by atoms with Gasteiger partial charge in [-0.15, -0.1) is 0 Å². The van der Waals surface area contributed by atoms with Crippen molar-refractivity contribution in [2.24, 2.45) is 0 Å². The van der Waals surface area contributed by atoms with E-state index < -0.39 is 18.5 Å². The van der Waals surface area contributed by atoms with Crippen LogP contribution in [0.2, 0.25) is 0 Å². The second-order valence-corrected chi connectivity index (χ2v) is 6.54. The minimum atomic E-state index is -0.779. The summed E-state index contributed by atoms with van der Waals surface area (Å²) in [6.07, 6.45) is 0. The maximum absolute atomic E-state index is 12.1. The molecule has 0 saturated heterocycles. The first-order chi connectivity index (χ1) is 12.8. The summed E-state index contributed by atoms with van der Waals surface area (Å²) < 4.78 is 15.7. The van der Waals surface area contributed by atoms with E-state index in [0.717, 1.165) is 11.1 Å². The van der Waals surface area contributed by atoms with Gasteiger partial charge in [-0.05, 0) is 58.2 Å². The summed E-state index contributed by atoms with van der Waals surface area (Å²) in [4.78, 5) is 24.0. The van der Waals surface area contributed by atoms with Crippen LogP contribution in [0.5, 0.6) is 17.2 Å². The van der Waals surface area contributed by atoms with Crippen LogP contribution >= 0.6 is 15.9 Å². The van der Waals surface area contributed by atoms with E-state index >= 15 is 0 Å². The molecular formula is C19H20BrNO6. The second-order valence-electron chi connectivity index (χ2n) is 5.69. The molecule has 7 nitrogen and oxygen atoms in total. The molecule has 0 unspecified atom stereocenters. The number of aryl methyl sites for hydroxylation is 1. The van der Waals surface area contributed by atoms with Gasteiger partial charge in [-0.2, -0.15) is 0 Å². The fourth-order valence-electron chi connectivity index (χ4n) is 2.34. The molecule has 0 bridgehead atoms. The Morgan fingerprint density at radius 3 is 2.48 bits per heavy atom. The first-order valence-electron chi connectivity index (χ1n) is 7.99. The monoisotopic (exact) mass is 437 g/mol. The summed E-state index contributed by atoms with van der Waals surface area (Å²) in [6, 6.07) is 8.42. The molecule has 0 spiro atoms. The van der Waals surface area contributed by atoms with Crippen LogP contribution < -0.4 is 14.8 Å². The van der Waals surface area contributed by atoms with Crippen LogP contribution in [0.3, 0.4) is 0 Å². The lowest BCUT2D eigenvalue weighted by Crippen LogP contribution is -2.28. The molecule has 0 aliphatic rings. The lowest BCUT2D eigenvalue weighted by molar-refractivity contribution is -0.124. The number of amides is 1. The number of rotatable bonds is 7. The van der Waals surface area contributed by atoms with Crippen molar-refractivity contribution in [2.45, 2.75) is 13.5 Å². The maximum atomic E-state index is 12.1. The third kappa shape index (κ3) is 5.37. The average Bonchev–Trinajstić information content (AvgIpc) is 2.66. The largest absolute Gasteiger partial charge is 0.506 e. The van der Waals surface area contributed by atoms with Crippen LogP contribution in [-0.4, -0.2) is 37.8 Å². The fraction of sp³-hybridized carbons (Fsp3) is 0.263. The van der Waals surface area contributed by atoms with Crippen LogP contribution in [0.15, 0.2) is 34.8 Å². The van der Waals surface area contributed by atoms with Gasteiger partial charge in [-0.1, -0.05) is 6.07 Å². The predicted octanol–water partition coefficient (Wildman–Crippen LogP) is 2.95. The number of nitrogens with one attached hydrogen (secondary N) is 1. The Labute approximate surface area is 165 Å². The van der Waals surface area contributed by atoms with E-state index in [-0.39, 0.29) is 17.9 Å². The van der Waals surface area contributed by atoms with E-state index in [9.17, 15) is 14.7 Å². The normalized spacial score (nSPS) is 10.2. The molecule has 2 rings (SSSR count). The Kier molecular flexibility index (Phi) is 7.06. The van der Waals surface area contributed by atoms with E-state index in [2.05, 4.69) is 21.2 Å². The van der Waals surface area contributed by atoms with Crippen molar-refractivity contribution in [3.8, 4) is 17.2 Å². The fourth-order valence-corrected chi connectivity index (χ4v) is 2.92. The van der Waals surface area contributed by atoms with Crippen LogP contribution in [0, 0.1) is 6.92 Å². The van der Waals surface area contributed by atoms with Crippen molar-refractivity contribution in [1.82, 2.24) is 5.32 Å². The van der Waals surface area contributed by atoms with E-state index in [1.165, 1.54) is 20.3 Å². The van der Waals surface area contributed by atoms with Gasteiger partial charge < -0.3 is 24.6 Å². The molecule has 2 aromatic rings. The number of carbonyl (C=O) groups is 2. The maximum Gasteiger partial charge on any atom is 0.342 e. The Hall–Kier alpha value is -2.74. The topological polar surface area (TPSA) is 94.1 Å². The number of phenols is 1. The quantitative estimate of drug-likeness (QED) is 0.646. The number of methoxy groups -OCH3 is 2. The number of ether oxygens (including phenoxy) is 3. The van der Waals surface area contributed by atoms with Crippen LogP contribution in [0.1, 0.15) is 21.5 Å². The summed E-state index contributed by atoms with van der Waals surface area (Å²) >= 11 is 3.16. The van der Waals surface area contributed by atoms with Gasteiger partial charge in [0, 0.05) is 6.54 Å². The summed E-state index contributed by atoms with van der Waals surface area (Å²) in [5.74, 6) is -0.333. The van der Waals surface area contributed by atoms with Crippen LogP contribution in [0.4, 0.5) is 0 Å². The number of esters is 1. The highest BCUT2D eigenvalue weighted by Gasteiger charge is 2.17. The van der Waals surface area contributed by atoms with Gasteiger partial charge in [0.2, 0.25) is 0 Å².